The Kier molecular flexibility index (Phi) is 5.37. The fourth-order valence-electron chi connectivity index (χ4n) is 2.52. The molecule has 0 aliphatic carbocycles. The summed E-state index contributed by atoms with van der Waals surface area (Å²) in [7, 11) is 0. The van der Waals surface area contributed by atoms with Crippen LogP contribution in [0.1, 0.15) is 10.4 Å². The minimum atomic E-state index is -0.947. The minimum Gasteiger partial charge on any atom is -0.370 e. The van der Waals surface area contributed by atoms with Gasteiger partial charge in [0.25, 0.3) is 11.5 Å². The Bertz CT molecular complexity index is 1070. The summed E-state index contributed by atoms with van der Waals surface area (Å²) in [5.74, 6) is -3.19. The topological polar surface area (TPSA) is 103 Å². The van der Waals surface area contributed by atoms with Crippen LogP contribution in [0.25, 0.3) is 16.5 Å². The number of pyridine rings is 1. The second-order valence-electron chi connectivity index (χ2n) is 5.18. The molecule has 9 heteroatoms. The summed E-state index contributed by atoms with van der Waals surface area (Å²) in [4.78, 5) is 28.4. The molecule has 0 unspecified atom stereocenters. The lowest BCUT2D eigenvalue weighted by molar-refractivity contribution is 0.100. The maximum Gasteiger partial charge on any atom is 0.282 e. The quantitative estimate of drug-likeness (QED) is 0.526. The number of hydrogen-bond donors (Lipinski definition) is 2. The first kappa shape index (κ1) is 19.1. The van der Waals surface area contributed by atoms with E-state index in [0.717, 1.165) is 22.9 Å². The number of aliphatic imine (C=N–C) groups is 1. The molecule has 1 heterocycles. The third kappa shape index (κ3) is 3.27. The van der Waals surface area contributed by atoms with Crippen LogP contribution in [0.15, 0.2) is 58.4 Å². The second kappa shape index (κ2) is 7.32. The number of guanidine groups is 1. The third-order valence-corrected chi connectivity index (χ3v) is 3.56. The van der Waals surface area contributed by atoms with E-state index >= 15 is 0 Å². The summed E-state index contributed by atoms with van der Waals surface area (Å²) >= 11 is 0. The average molecular weight is 379 g/mol. The molecule has 0 bridgehead atoms. The zero-order valence-corrected chi connectivity index (χ0v) is 14.0. The monoisotopic (exact) mass is 378 g/mol. The maximum atomic E-state index is 14.1. The van der Waals surface area contributed by atoms with Crippen LogP contribution in [-0.2, 0) is 0 Å². The molecule has 0 fully saturated rings. The van der Waals surface area contributed by atoms with Crippen LogP contribution >= 0.6 is 12.4 Å². The van der Waals surface area contributed by atoms with E-state index in [1.54, 1.807) is 12.1 Å². The number of amides is 1. The Labute approximate surface area is 152 Å². The van der Waals surface area contributed by atoms with Crippen molar-refractivity contribution in [2.45, 2.75) is 0 Å². The molecule has 0 aliphatic heterocycles. The van der Waals surface area contributed by atoms with Crippen molar-refractivity contribution in [1.82, 2.24) is 4.57 Å². The van der Waals surface area contributed by atoms with Gasteiger partial charge in [-0.3, -0.25) is 14.2 Å². The molecule has 3 aromatic rings. The average Bonchev–Trinajstić information content (AvgIpc) is 2.56. The van der Waals surface area contributed by atoms with E-state index in [1.165, 1.54) is 18.2 Å². The molecule has 0 spiro atoms. The number of nitrogens with two attached hydrogens (primary N) is 2. The van der Waals surface area contributed by atoms with Gasteiger partial charge in [-0.1, -0.05) is 24.3 Å². The molecule has 6 nitrogen and oxygen atoms in total. The molecule has 0 saturated carbocycles. The van der Waals surface area contributed by atoms with Crippen LogP contribution in [0.3, 0.4) is 0 Å². The Morgan fingerprint density at radius 1 is 0.962 bits per heavy atom. The number of rotatable bonds is 2. The van der Waals surface area contributed by atoms with Crippen LogP contribution in [0.2, 0.25) is 0 Å². The molecular weight excluding hydrogens is 366 g/mol. The van der Waals surface area contributed by atoms with Crippen LogP contribution < -0.4 is 17.0 Å². The van der Waals surface area contributed by atoms with E-state index in [9.17, 15) is 18.4 Å². The fourth-order valence-corrected chi connectivity index (χ4v) is 2.52. The number of nitrogens with zero attached hydrogens (tertiary/aromatic N) is 2. The van der Waals surface area contributed by atoms with Gasteiger partial charge in [0.1, 0.15) is 17.3 Å². The number of hydrogen-bond acceptors (Lipinski definition) is 2. The molecule has 26 heavy (non-hydrogen) atoms. The van der Waals surface area contributed by atoms with Gasteiger partial charge in [0.05, 0.1) is 5.56 Å². The zero-order chi connectivity index (χ0) is 18.1. The first-order chi connectivity index (χ1) is 11.9. The largest absolute Gasteiger partial charge is 0.370 e. The number of para-hydroxylation sites is 1. The Morgan fingerprint density at radius 3 is 2.12 bits per heavy atom. The summed E-state index contributed by atoms with van der Waals surface area (Å²) in [5.41, 5.74) is 9.11. The van der Waals surface area contributed by atoms with E-state index in [-0.39, 0.29) is 28.7 Å². The zero-order valence-electron chi connectivity index (χ0n) is 13.1. The van der Waals surface area contributed by atoms with Crippen molar-refractivity contribution in [1.29, 1.82) is 0 Å². The number of aromatic nitrogens is 1. The molecule has 0 radical (unpaired) electrons. The molecule has 3 rings (SSSR count). The number of benzene rings is 2. The first-order valence-electron chi connectivity index (χ1n) is 7.13. The van der Waals surface area contributed by atoms with Gasteiger partial charge in [-0.25, -0.2) is 8.78 Å². The number of halogens is 3. The molecule has 1 amide bonds. The standard InChI is InChI=1S/C17H12F2N4O2.ClH/c18-12-6-3-7-13(19)14(12)23-8-11(15(24)22-17(20)21)9-4-1-2-5-10(9)16(23)25;/h1-8H,(H4,20,21,22,24);1H. The normalized spacial score (nSPS) is 10.2. The number of fused-ring (bicyclic) bond motifs is 1. The summed E-state index contributed by atoms with van der Waals surface area (Å²) in [6.07, 6.45) is 1.03. The lowest BCUT2D eigenvalue weighted by atomic mass is 10.1. The Morgan fingerprint density at radius 2 is 1.54 bits per heavy atom. The van der Waals surface area contributed by atoms with Crippen LogP contribution in [-0.4, -0.2) is 16.4 Å². The summed E-state index contributed by atoms with van der Waals surface area (Å²) < 4.78 is 29.0. The van der Waals surface area contributed by atoms with Gasteiger partial charge < -0.3 is 11.5 Å². The predicted molar refractivity (Wildman–Crippen MR) is 96.8 cm³/mol. The molecular formula is C17H13ClF2N4O2. The Hall–Kier alpha value is -3.26. The third-order valence-electron chi connectivity index (χ3n) is 3.56. The molecule has 0 atom stereocenters. The van der Waals surface area contributed by atoms with Gasteiger partial charge >= 0.3 is 0 Å². The highest BCUT2D eigenvalue weighted by atomic mass is 35.5. The molecule has 4 N–H and O–H groups in total. The van der Waals surface area contributed by atoms with Crippen molar-refractivity contribution in [3.63, 3.8) is 0 Å². The summed E-state index contributed by atoms with van der Waals surface area (Å²) in [6.45, 7) is 0. The van der Waals surface area contributed by atoms with Gasteiger partial charge in [-0.15, -0.1) is 12.4 Å². The number of carbonyl (C=O) groups is 1. The summed E-state index contributed by atoms with van der Waals surface area (Å²) in [5, 5.41) is 0.372. The summed E-state index contributed by atoms with van der Waals surface area (Å²) in [6, 6.07) is 9.34. The second-order valence-corrected chi connectivity index (χ2v) is 5.18. The lowest BCUT2D eigenvalue weighted by Gasteiger charge is -2.12. The SMILES string of the molecule is Cl.NC(N)=NC(=O)c1cn(-c2c(F)cccc2F)c(=O)c2ccccc12. The van der Waals surface area contributed by atoms with E-state index in [1.807, 2.05) is 0 Å². The molecule has 134 valence electrons. The van der Waals surface area contributed by atoms with Gasteiger partial charge in [-0.05, 0) is 18.2 Å². The van der Waals surface area contributed by atoms with Crippen molar-refractivity contribution in [3.8, 4) is 5.69 Å². The van der Waals surface area contributed by atoms with E-state index < -0.39 is 34.7 Å². The van der Waals surface area contributed by atoms with Crippen LogP contribution in [0.5, 0.6) is 0 Å². The minimum absolute atomic E-state index is 0. The Balaban J connectivity index is 0.00000243. The highest BCUT2D eigenvalue weighted by molar-refractivity contribution is 6.10. The van der Waals surface area contributed by atoms with Gasteiger partial charge in [0.2, 0.25) is 0 Å². The maximum absolute atomic E-state index is 14.1. The van der Waals surface area contributed by atoms with Crippen LogP contribution in [0, 0.1) is 11.6 Å². The van der Waals surface area contributed by atoms with Crippen molar-refractivity contribution in [2.24, 2.45) is 16.5 Å². The molecule has 1 aromatic heterocycles. The molecule has 2 aromatic carbocycles. The lowest BCUT2D eigenvalue weighted by Crippen LogP contribution is -2.25. The van der Waals surface area contributed by atoms with Crippen molar-refractivity contribution in [2.75, 3.05) is 0 Å². The van der Waals surface area contributed by atoms with Gasteiger partial charge in [-0.2, -0.15) is 4.99 Å². The van der Waals surface area contributed by atoms with E-state index in [0.29, 0.717) is 0 Å². The first-order valence-corrected chi connectivity index (χ1v) is 7.13. The highest BCUT2D eigenvalue weighted by Gasteiger charge is 2.19. The number of carbonyl (C=O) groups excluding carboxylic acids is 1. The highest BCUT2D eigenvalue weighted by Crippen LogP contribution is 2.21. The fraction of sp³-hybridized carbons (Fsp3) is 0. The van der Waals surface area contributed by atoms with Crippen molar-refractivity contribution < 1.29 is 13.6 Å². The smallest absolute Gasteiger partial charge is 0.282 e. The molecule has 0 saturated heterocycles. The van der Waals surface area contributed by atoms with Crippen molar-refractivity contribution >= 4 is 35.0 Å². The van der Waals surface area contributed by atoms with Gasteiger partial charge in [0.15, 0.2) is 5.96 Å². The van der Waals surface area contributed by atoms with Crippen LogP contribution in [0.4, 0.5) is 8.78 Å². The van der Waals surface area contributed by atoms with Crippen molar-refractivity contribution in [3.05, 3.63) is 76.2 Å². The predicted octanol–water partition coefficient (Wildman–Crippen LogP) is 2.10. The van der Waals surface area contributed by atoms with E-state index in [2.05, 4.69) is 4.99 Å². The molecule has 0 aliphatic rings. The van der Waals surface area contributed by atoms with Gasteiger partial charge in [0, 0.05) is 17.0 Å². The van der Waals surface area contributed by atoms with E-state index in [4.69, 9.17) is 11.5 Å².